The number of morpholine rings is 1. The molecule has 1 saturated heterocycles. The molecule has 2 aromatic heterocycles. The van der Waals surface area contributed by atoms with Crippen LogP contribution in [-0.4, -0.2) is 63.5 Å². The molecule has 0 radical (unpaired) electrons. The minimum absolute atomic E-state index is 0.196. The third-order valence-corrected chi connectivity index (χ3v) is 4.86. The van der Waals surface area contributed by atoms with Gasteiger partial charge in [-0.3, -0.25) is 10.0 Å². The zero-order valence-corrected chi connectivity index (χ0v) is 16.9. The van der Waals surface area contributed by atoms with E-state index >= 15 is 0 Å². The van der Waals surface area contributed by atoms with Gasteiger partial charge in [-0.2, -0.15) is 4.98 Å². The molecule has 0 aliphatic carbocycles. The zero-order valence-electron chi connectivity index (χ0n) is 16.9. The molecule has 30 heavy (non-hydrogen) atoms. The summed E-state index contributed by atoms with van der Waals surface area (Å²) in [5.41, 5.74) is 4.51. The number of fused-ring (bicyclic) bond motifs is 1. The summed E-state index contributed by atoms with van der Waals surface area (Å²) in [6, 6.07) is 7.47. The van der Waals surface area contributed by atoms with Crippen LogP contribution < -0.4 is 15.1 Å². The van der Waals surface area contributed by atoms with Gasteiger partial charge >= 0.3 is 0 Å². The van der Waals surface area contributed by atoms with E-state index in [0.717, 1.165) is 24.3 Å². The number of aromatic nitrogens is 4. The number of amides is 1. The molecule has 1 amide bonds. The Bertz CT molecular complexity index is 1040. The second-order valence-electron chi connectivity index (χ2n) is 7.24. The molecule has 1 aromatic carbocycles. The van der Waals surface area contributed by atoms with E-state index in [0.29, 0.717) is 36.1 Å². The molecule has 1 aliphatic heterocycles. The number of nitrogens with zero attached hydrogens (tertiary/aromatic N) is 5. The van der Waals surface area contributed by atoms with Crippen molar-refractivity contribution in [2.24, 2.45) is 0 Å². The maximum Gasteiger partial charge on any atom is 0.281 e. The molecule has 10 heteroatoms. The minimum atomic E-state index is -0.630. The Morgan fingerprint density at radius 3 is 2.83 bits per heavy atom. The first-order chi connectivity index (χ1) is 14.6. The molecule has 4 rings (SSSR count). The van der Waals surface area contributed by atoms with E-state index in [-0.39, 0.29) is 12.6 Å². The van der Waals surface area contributed by atoms with Crippen LogP contribution in [0.4, 0.5) is 5.95 Å². The zero-order chi connectivity index (χ0) is 21.1. The first kappa shape index (κ1) is 20.0. The smallest absolute Gasteiger partial charge is 0.281 e. The summed E-state index contributed by atoms with van der Waals surface area (Å²) >= 11 is 0. The Labute approximate surface area is 173 Å². The second-order valence-corrected chi connectivity index (χ2v) is 7.24. The first-order valence-electron chi connectivity index (χ1n) is 9.80. The standard InChI is InChI=1S/C20H24N6O4/c1-13(2)26-12-21-18-17(14-4-3-5-15(10-14)30-11-16(27)24-28)22-20(23-19(18)26)25-6-8-29-9-7-25/h3-5,10,12-13,28H,6-9,11H2,1-2H3,(H,24,27). The summed E-state index contributed by atoms with van der Waals surface area (Å²) < 4.78 is 12.9. The summed E-state index contributed by atoms with van der Waals surface area (Å²) in [5, 5.41) is 8.64. The molecule has 0 unspecified atom stereocenters. The van der Waals surface area contributed by atoms with Gasteiger partial charge in [0.25, 0.3) is 5.91 Å². The number of carbonyl (C=O) groups excluding carboxylic acids is 1. The van der Waals surface area contributed by atoms with Crippen LogP contribution >= 0.6 is 0 Å². The van der Waals surface area contributed by atoms with Gasteiger partial charge in [0.2, 0.25) is 5.95 Å². The van der Waals surface area contributed by atoms with Gasteiger partial charge in [-0.25, -0.2) is 15.4 Å². The molecule has 2 N–H and O–H groups in total. The Morgan fingerprint density at radius 1 is 1.30 bits per heavy atom. The Kier molecular flexibility index (Phi) is 5.77. The van der Waals surface area contributed by atoms with Crippen molar-refractivity contribution in [3.05, 3.63) is 30.6 Å². The normalized spacial score (nSPS) is 14.3. The van der Waals surface area contributed by atoms with Crippen molar-refractivity contribution in [2.75, 3.05) is 37.8 Å². The predicted molar refractivity (Wildman–Crippen MR) is 110 cm³/mol. The maximum atomic E-state index is 11.3. The molecule has 3 heterocycles. The third kappa shape index (κ3) is 4.05. The topological polar surface area (TPSA) is 115 Å². The lowest BCUT2D eigenvalue weighted by molar-refractivity contribution is -0.131. The van der Waals surface area contributed by atoms with Crippen molar-refractivity contribution in [3.8, 4) is 17.0 Å². The second kappa shape index (κ2) is 8.64. The number of rotatable bonds is 6. The van der Waals surface area contributed by atoms with Crippen LogP contribution in [0.3, 0.4) is 0 Å². The molecule has 1 fully saturated rings. The lowest BCUT2D eigenvalue weighted by atomic mass is 10.1. The molecule has 1 aliphatic rings. The van der Waals surface area contributed by atoms with E-state index in [1.807, 2.05) is 16.7 Å². The minimum Gasteiger partial charge on any atom is -0.484 e. The van der Waals surface area contributed by atoms with Gasteiger partial charge in [-0.1, -0.05) is 12.1 Å². The van der Waals surface area contributed by atoms with Crippen molar-refractivity contribution in [1.29, 1.82) is 0 Å². The lowest BCUT2D eigenvalue weighted by Gasteiger charge is -2.27. The fourth-order valence-corrected chi connectivity index (χ4v) is 3.30. The number of nitrogens with one attached hydrogen (secondary N) is 1. The van der Waals surface area contributed by atoms with Crippen LogP contribution in [0.15, 0.2) is 30.6 Å². The molecule has 0 saturated carbocycles. The van der Waals surface area contributed by atoms with E-state index in [1.54, 1.807) is 23.9 Å². The summed E-state index contributed by atoms with van der Waals surface area (Å²) in [7, 11) is 0. The fourth-order valence-electron chi connectivity index (χ4n) is 3.30. The van der Waals surface area contributed by atoms with Crippen LogP contribution in [0.1, 0.15) is 19.9 Å². The Balaban J connectivity index is 1.78. The highest BCUT2D eigenvalue weighted by Gasteiger charge is 2.21. The number of hydroxylamine groups is 1. The average molecular weight is 412 g/mol. The SMILES string of the molecule is CC(C)n1cnc2c(-c3cccc(OCC(=O)NO)c3)nc(N3CCOCC3)nc21. The number of anilines is 1. The molecule has 0 spiro atoms. The van der Waals surface area contributed by atoms with E-state index < -0.39 is 5.91 Å². The van der Waals surface area contributed by atoms with Gasteiger partial charge in [0.05, 0.1) is 19.5 Å². The number of hydrogen-bond acceptors (Lipinski definition) is 8. The quantitative estimate of drug-likeness (QED) is 0.465. The van der Waals surface area contributed by atoms with E-state index in [2.05, 4.69) is 23.7 Å². The predicted octanol–water partition coefficient (Wildman–Crippen LogP) is 1.79. The van der Waals surface area contributed by atoms with Crippen LogP contribution in [0.2, 0.25) is 0 Å². The van der Waals surface area contributed by atoms with Crippen LogP contribution in [-0.2, 0) is 9.53 Å². The third-order valence-electron chi connectivity index (χ3n) is 4.86. The highest BCUT2D eigenvalue weighted by molar-refractivity contribution is 5.89. The summed E-state index contributed by atoms with van der Waals surface area (Å²) in [4.78, 5) is 27.6. The van der Waals surface area contributed by atoms with Crippen molar-refractivity contribution in [2.45, 2.75) is 19.9 Å². The highest BCUT2D eigenvalue weighted by atomic mass is 16.5. The van der Waals surface area contributed by atoms with E-state index in [4.69, 9.17) is 24.6 Å². The van der Waals surface area contributed by atoms with Crippen LogP contribution in [0.5, 0.6) is 5.75 Å². The van der Waals surface area contributed by atoms with E-state index in [9.17, 15) is 4.79 Å². The fraction of sp³-hybridized carbons (Fsp3) is 0.400. The molecule has 0 atom stereocenters. The molecular formula is C20H24N6O4. The molecule has 10 nitrogen and oxygen atoms in total. The summed E-state index contributed by atoms with van der Waals surface area (Å²) in [6.45, 7) is 6.59. The monoisotopic (exact) mass is 412 g/mol. The van der Waals surface area contributed by atoms with Crippen molar-refractivity contribution >= 4 is 23.0 Å². The number of ether oxygens (including phenoxy) is 2. The van der Waals surface area contributed by atoms with Crippen LogP contribution in [0, 0.1) is 0 Å². The maximum absolute atomic E-state index is 11.3. The summed E-state index contributed by atoms with van der Waals surface area (Å²) in [5.74, 6) is 0.489. The van der Waals surface area contributed by atoms with Gasteiger partial charge in [-0.05, 0) is 26.0 Å². The van der Waals surface area contributed by atoms with Crippen LogP contribution in [0.25, 0.3) is 22.4 Å². The Hall–Kier alpha value is -3.24. The van der Waals surface area contributed by atoms with Gasteiger partial charge < -0.3 is 18.9 Å². The lowest BCUT2D eigenvalue weighted by Crippen LogP contribution is -2.37. The van der Waals surface area contributed by atoms with E-state index in [1.165, 1.54) is 0 Å². The van der Waals surface area contributed by atoms with Gasteiger partial charge in [-0.15, -0.1) is 0 Å². The molecule has 0 bridgehead atoms. The largest absolute Gasteiger partial charge is 0.484 e. The number of carbonyl (C=O) groups is 1. The van der Waals surface area contributed by atoms with Gasteiger partial charge in [0.15, 0.2) is 12.3 Å². The van der Waals surface area contributed by atoms with Gasteiger partial charge in [0, 0.05) is 24.7 Å². The molecule has 3 aromatic rings. The van der Waals surface area contributed by atoms with Crippen molar-refractivity contribution < 1.29 is 19.5 Å². The molecule has 158 valence electrons. The average Bonchev–Trinajstić information content (AvgIpc) is 3.22. The van der Waals surface area contributed by atoms with Crippen molar-refractivity contribution in [1.82, 2.24) is 25.0 Å². The van der Waals surface area contributed by atoms with Crippen molar-refractivity contribution in [3.63, 3.8) is 0 Å². The highest BCUT2D eigenvalue weighted by Crippen LogP contribution is 2.31. The molecular weight excluding hydrogens is 388 g/mol. The Morgan fingerprint density at radius 2 is 2.10 bits per heavy atom. The number of imidazole rings is 1. The number of hydrogen-bond donors (Lipinski definition) is 2. The summed E-state index contributed by atoms with van der Waals surface area (Å²) in [6.07, 6.45) is 1.78. The number of benzene rings is 1. The van der Waals surface area contributed by atoms with Gasteiger partial charge in [0.1, 0.15) is 17.0 Å². The first-order valence-corrected chi connectivity index (χ1v) is 9.80.